The predicted octanol–water partition coefficient (Wildman–Crippen LogP) is 3.81. The summed E-state index contributed by atoms with van der Waals surface area (Å²) in [7, 11) is 1.28. The summed E-state index contributed by atoms with van der Waals surface area (Å²) in [5.74, 6) is -0.0232. The number of nitrogens with zero attached hydrogens (tertiary/aromatic N) is 2. The Morgan fingerprint density at radius 1 is 1.23 bits per heavy atom. The molecule has 0 aliphatic rings. The lowest BCUT2D eigenvalue weighted by atomic mass is 10.2. The fraction of sp³-hybridized carbons (Fsp3) is 0.154. The van der Waals surface area contributed by atoms with Crippen molar-refractivity contribution in [2.75, 3.05) is 7.11 Å². The topological polar surface area (TPSA) is 74.5 Å². The highest BCUT2D eigenvalue weighted by Crippen LogP contribution is 2.33. The van der Waals surface area contributed by atoms with Gasteiger partial charge in [-0.25, -0.2) is 4.98 Å². The van der Waals surface area contributed by atoms with Gasteiger partial charge in [0.05, 0.1) is 23.7 Å². The molecular formula is C13H9F3N2O4. The molecule has 0 saturated heterocycles. The van der Waals surface area contributed by atoms with Crippen molar-refractivity contribution in [3.63, 3.8) is 0 Å². The van der Waals surface area contributed by atoms with E-state index in [9.17, 15) is 23.3 Å². The van der Waals surface area contributed by atoms with Crippen molar-refractivity contribution >= 4 is 5.69 Å². The summed E-state index contributed by atoms with van der Waals surface area (Å²) < 4.78 is 47.2. The number of alkyl halides is 3. The van der Waals surface area contributed by atoms with E-state index < -0.39 is 16.7 Å². The Labute approximate surface area is 122 Å². The van der Waals surface area contributed by atoms with Gasteiger partial charge in [-0.2, -0.15) is 13.2 Å². The van der Waals surface area contributed by atoms with Gasteiger partial charge in [-0.3, -0.25) is 10.1 Å². The van der Waals surface area contributed by atoms with Crippen molar-refractivity contribution in [3.05, 3.63) is 52.2 Å². The van der Waals surface area contributed by atoms with Crippen molar-refractivity contribution in [2.24, 2.45) is 0 Å². The van der Waals surface area contributed by atoms with E-state index in [0.717, 1.165) is 18.2 Å². The second kappa shape index (κ2) is 5.88. The molecular weight excluding hydrogens is 305 g/mol. The first kappa shape index (κ1) is 15.5. The molecule has 0 amide bonds. The number of methoxy groups -OCH3 is 1. The Hall–Kier alpha value is -2.84. The van der Waals surface area contributed by atoms with E-state index in [2.05, 4.69) is 4.98 Å². The summed E-state index contributed by atoms with van der Waals surface area (Å²) in [5, 5.41) is 10.9. The molecule has 2 rings (SSSR count). The number of hydrogen-bond donors (Lipinski definition) is 0. The van der Waals surface area contributed by atoms with Crippen LogP contribution < -0.4 is 9.47 Å². The highest BCUT2D eigenvalue weighted by molar-refractivity contribution is 5.51. The van der Waals surface area contributed by atoms with Crippen molar-refractivity contribution < 1.29 is 27.6 Å². The Kier molecular flexibility index (Phi) is 4.15. The van der Waals surface area contributed by atoms with Crippen LogP contribution in [0.4, 0.5) is 18.9 Å². The van der Waals surface area contributed by atoms with E-state index in [1.54, 1.807) is 0 Å². The van der Waals surface area contributed by atoms with Crippen LogP contribution in [0.2, 0.25) is 0 Å². The van der Waals surface area contributed by atoms with Crippen LogP contribution in [0.15, 0.2) is 36.5 Å². The Bertz CT molecular complexity index is 687. The zero-order valence-electron chi connectivity index (χ0n) is 11.1. The van der Waals surface area contributed by atoms with Crippen LogP contribution in [0.1, 0.15) is 5.56 Å². The van der Waals surface area contributed by atoms with E-state index in [1.807, 2.05) is 0 Å². The number of rotatable bonds is 4. The van der Waals surface area contributed by atoms with Gasteiger partial charge in [0.25, 0.3) is 0 Å². The monoisotopic (exact) mass is 314 g/mol. The maximum absolute atomic E-state index is 12.4. The van der Waals surface area contributed by atoms with Crippen molar-refractivity contribution in [3.8, 4) is 17.4 Å². The lowest BCUT2D eigenvalue weighted by Gasteiger charge is -2.08. The quantitative estimate of drug-likeness (QED) is 0.633. The summed E-state index contributed by atoms with van der Waals surface area (Å²) in [6, 6.07) is 5.63. The van der Waals surface area contributed by atoms with Gasteiger partial charge in [0.2, 0.25) is 5.88 Å². The zero-order chi connectivity index (χ0) is 16.3. The SMILES string of the molecule is COc1ccc(Oc2ccc(C(F)(F)F)cn2)cc1[N+](=O)[O-]. The van der Waals surface area contributed by atoms with Crippen LogP contribution in [0.3, 0.4) is 0 Å². The van der Waals surface area contributed by atoms with Crippen LogP contribution in [0, 0.1) is 10.1 Å². The van der Waals surface area contributed by atoms with Crippen LogP contribution in [-0.4, -0.2) is 17.0 Å². The summed E-state index contributed by atoms with van der Waals surface area (Å²) in [5.41, 5.74) is -1.24. The van der Waals surface area contributed by atoms with Crippen molar-refractivity contribution in [2.45, 2.75) is 6.18 Å². The number of nitro benzene ring substituents is 1. The third kappa shape index (κ3) is 3.43. The molecule has 0 unspecified atom stereocenters. The van der Waals surface area contributed by atoms with Crippen LogP contribution in [-0.2, 0) is 6.18 Å². The molecule has 0 radical (unpaired) electrons. The average Bonchev–Trinajstić information content (AvgIpc) is 2.46. The van der Waals surface area contributed by atoms with E-state index in [0.29, 0.717) is 6.20 Å². The van der Waals surface area contributed by atoms with Gasteiger partial charge >= 0.3 is 11.9 Å². The van der Waals surface area contributed by atoms with Gasteiger partial charge in [-0.05, 0) is 18.2 Å². The summed E-state index contributed by atoms with van der Waals surface area (Å²) in [4.78, 5) is 13.7. The number of benzene rings is 1. The minimum atomic E-state index is -4.50. The molecule has 1 aromatic heterocycles. The summed E-state index contributed by atoms with van der Waals surface area (Å²) in [6.45, 7) is 0. The van der Waals surface area contributed by atoms with Crippen LogP contribution in [0.25, 0.3) is 0 Å². The Morgan fingerprint density at radius 3 is 2.45 bits per heavy atom. The minimum Gasteiger partial charge on any atom is -0.490 e. The molecule has 0 atom stereocenters. The second-order valence-electron chi connectivity index (χ2n) is 4.08. The first-order valence-corrected chi connectivity index (χ1v) is 5.85. The molecule has 1 heterocycles. The fourth-order valence-corrected chi connectivity index (χ4v) is 1.61. The molecule has 2 aromatic rings. The first-order chi connectivity index (χ1) is 10.3. The molecule has 0 bridgehead atoms. The number of nitro groups is 1. The first-order valence-electron chi connectivity index (χ1n) is 5.85. The molecule has 0 aliphatic carbocycles. The minimum absolute atomic E-state index is 0.0396. The normalized spacial score (nSPS) is 11.1. The number of halogens is 3. The number of ether oxygens (including phenoxy) is 2. The standard InChI is InChI=1S/C13H9F3N2O4/c1-21-11-4-3-9(6-10(11)18(19)20)22-12-5-2-8(7-17-12)13(14,15)16/h2-7H,1H3. The maximum Gasteiger partial charge on any atom is 0.417 e. The van der Waals surface area contributed by atoms with Crippen molar-refractivity contribution in [1.29, 1.82) is 0 Å². The van der Waals surface area contributed by atoms with Gasteiger partial charge in [0, 0.05) is 12.3 Å². The van der Waals surface area contributed by atoms with Crippen molar-refractivity contribution in [1.82, 2.24) is 4.98 Å². The Morgan fingerprint density at radius 2 is 1.95 bits per heavy atom. The highest BCUT2D eigenvalue weighted by atomic mass is 19.4. The number of aromatic nitrogens is 1. The number of hydrogen-bond acceptors (Lipinski definition) is 5. The van der Waals surface area contributed by atoms with E-state index in [-0.39, 0.29) is 23.1 Å². The van der Waals surface area contributed by atoms with E-state index in [4.69, 9.17) is 9.47 Å². The predicted molar refractivity (Wildman–Crippen MR) is 69.0 cm³/mol. The van der Waals surface area contributed by atoms with Gasteiger partial charge in [0.15, 0.2) is 5.75 Å². The molecule has 0 spiro atoms. The lowest BCUT2D eigenvalue weighted by Crippen LogP contribution is -2.05. The van der Waals surface area contributed by atoms with Gasteiger partial charge in [-0.15, -0.1) is 0 Å². The highest BCUT2D eigenvalue weighted by Gasteiger charge is 2.30. The van der Waals surface area contributed by atoms with E-state index in [1.165, 1.54) is 19.2 Å². The second-order valence-corrected chi connectivity index (χ2v) is 4.08. The zero-order valence-corrected chi connectivity index (χ0v) is 11.1. The molecule has 0 saturated carbocycles. The smallest absolute Gasteiger partial charge is 0.417 e. The maximum atomic E-state index is 12.4. The molecule has 9 heteroatoms. The lowest BCUT2D eigenvalue weighted by molar-refractivity contribution is -0.385. The molecule has 0 fully saturated rings. The molecule has 116 valence electrons. The number of pyridine rings is 1. The Balaban J connectivity index is 2.24. The fourth-order valence-electron chi connectivity index (χ4n) is 1.61. The van der Waals surface area contributed by atoms with Gasteiger partial charge < -0.3 is 9.47 Å². The van der Waals surface area contributed by atoms with Gasteiger partial charge in [0.1, 0.15) is 5.75 Å². The molecule has 1 aromatic carbocycles. The summed E-state index contributed by atoms with van der Waals surface area (Å²) >= 11 is 0. The molecule has 0 aliphatic heterocycles. The molecule has 22 heavy (non-hydrogen) atoms. The molecule has 0 N–H and O–H groups in total. The van der Waals surface area contributed by atoms with Gasteiger partial charge in [-0.1, -0.05) is 0 Å². The van der Waals surface area contributed by atoms with Crippen LogP contribution >= 0.6 is 0 Å². The average molecular weight is 314 g/mol. The third-order valence-electron chi connectivity index (χ3n) is 2.63. The largest absolute Gasteiger partial charge is 0.490 e. The van der Waals surface area contributed by atoms with Crippen LogP contribution in [0.5, 0.6) is 17.4 Å². The molecule has 6 nitrogen and oxygen atoms in total. The summed E-state index contributed by atoms with van der Waals surface area (Å²) in [6.07, 6.45) is -3.88. The van der Waals surface area contributed by atoms with E-state index >= 15 is 0 Å². The third-order valence-corrected chi connectivity index (χ3v) is 2.63.